The minimum Gasteiger partial charge on any atom is -0.207 e. The van der Waals surface area contributed by atoms with E-state index >= 15 is 0 Å². The fourth-order valence-electron chi connectivity index (χ4n) is 1.61. The molecule has 1 heterocycles. The standard InChI is InChI=1S/C12H10BrF2NO2S2/c1-16(6-8-4-12(13)19-7-8)20(17,18)11-5-9(14)2-3-10(11)15/h2-5,7H,6H2,1H3. The molecule has 0 saturated heterocycles. The van der Waals surface area contributed by atoms with Crippen LogP contribution in [0.25, 0.3) is 0 Å². The summed E-state index contributed by atoms with van der Waals surface area (Å²) in [6.07, 6.45) is 0. The second-order valence-electron chi connectivity index (χ2n) is 4.09. The fraction of sp³-hybridized carbons (Fsp3) is 0.167. The van der Waals surface area contributed by atoms with Gasteiger partial charge in [-0.2, -0.15) is 4.31 Å². The van der Waals surface area contributed by atoms with Crippen molar-refractivity contribution in [1.29, 1.82) is 0 Å². The van der Waals surface area contributed by atoms with Gasteiger partial charge in [0.2, 0.25) is 10.0 Å². The number of halogens is 3. The Bertz CT molecular complexity index is 731. The maximum absolute atomic E-state index is 13.6. The normalized spacial score (nSPS) is 12.1. The van der Waals surface area contributed by atoms with Crippen molar-refractivity contribution in [3.8, 4) is 0 Å². The minimum atomic E-state index is -4.07. The van der Waals surface area contributed by atoms with E-state index in [1.54, 1.807) is 11.4 Å². The molecule has 0 fully saturated rings. The summed E-state index contributed by atoms with van der Waals surface area (Å²) in [4.78, 5) is -0.658. The van der Waals surface area contributed by atoms with Gasteiger partial charge in [-0.15, -0.1) is 11.3 Å². The van der Waals surface area contributed by atoms with E-state index < -0.39 is 26.6 Å². The third kappa shape index (κ3) is 3.25. The number of sulfonamides is 1. The molecule has 2 rings (SSSR count). The summed E-state index contributed by atoms with van der Waals surface area (Å²) in [5.41, 5.74) is 0.768. The summed E-state index contributed by atoms with van der Waals surface area (Å²) in [5, 5.41) is 1.79. The van der Waals surface area contributed by atoms with Crippen molar-refractivity contribution in [3.05, 3.63) is 50.6 Å². The summed E-state index contributed by atoms with van der Waals surface area (Å²) in [5.74, 6) is -1.76. The molecule has 0 bridgehead atoms. The molecule has 0 spiro atoms. The summed E-state index contributed by atoms with van der Waals surface area (Å²) < 4.78 is 53.0. The highest BCUT2D eigenvalue weighted by molar-refractivity contribution is 9.11. The Morgan fingerprint density at radius 1 is 1.30 bits per heavy atom. The Kier molecular flexibility index (Phi) is 4.58. The van der Waals surface area contributed by atoms with E-state index in [0.717, 1.165) is 25.8 Å². The molecule has 8 heteroatoms. The largest absolute Gasteiger partial charge is 0.246 e. The molecule has 0 aliphatic heterocycles. The van der Waals surface area contributed by atoms with Crippen LogP contribution in [-0.4, -0.2) is 19.8 Å². The van der Waals surface area contributed by atoms with Crippen molar-refractivity contribution < 1.29 is 17.2 Å². The van der Waals surface area contributed by atoms with Gasteiger partial charge >= 0.3 is 0 Å². The highest BCUT2D eigenvalue weighted by Gasteiger charge is 2.25. The lowest BCUT2D eigenvalue weighted by Crippen LogP contribution is -2.27. The third-order valence-electron chi connectivity index (χ3n) is 2.61. The van der Waals surface area contributed by atoms with Crippen molar-refractivity contribution in [2.45, 2.75) is 11.4 Å². The molecule has 1 aromatic heterocycles. The Balaban J connectivity index is 2.32. The van der Waals surface area contributed by atoms with Crippen molar-refractivity contribution in [2.24, 2.45) is 0 Å². The molecule has 20 heavy (non-hydrogen) atoms. The summed E-state index contributed by atoms with van der Waals surface area (Å²) in [6.45, 7) is 0.0837. The van der Waals surface area contributed by atoms with Crippen LogP contribution in [0.2, 0.25) is 0 Å². The minimum absolute atomic E-state index is 0.0837. The number of thiophene rings is 1. The number of hydrogen-bond acceptors (Lipinski definition) is 3. The van der Waals surface area contributed by atoms with Crippen LogP contribution in [0.3, 0.4) is 0 Å². The lowest BCUT2D eigenvalue weighted by atomic mass is 10.3. The molecule has 2 aromatic rings. The molecule has 0 radical (unpaired) electrons. The lowest BCUT2D eigenvalue weighted by molar-refractivity contribution is 0.458. The van der Waals surface area contributed by atoms with Gasteiger partial charge in [-0.3, -0.25) is 0 Å². The molecule has 0 saturated carbocycles. The van der Waals surface area contributed by atoms with Crippen molar-refractivity contribution in [2.75, 3.05) is 7.05 Å². The average molecular weight is 382 g/mol. The molecule has 0 unspecified atom stereocenters. The second kappa shape index (κ2) is 5.88. The maximum atomic E-state index is 13.6. The molecule has 0 N–H and O–H groups in total. The van der Waals surface area contributed by atoms with E-state index in [1.807, 2.05) is 0 Å². The van der Waals surface area contributed by atoms with Crippen molar-refractivity contribution >= 4 is 37.3 Å². The molecule has 1 aromatic carbocycles. The van der Waals surface area contributed by atoms with Gasteiger partial charge in [-0.25, -0.2) is 17.2 Å². The second-order valence-corrected chi connectivity index (χ2v) is 8.40. The Morgan fingerprint density at radius 2 is 2.00 bits per heavy atom. The van der Waals surface area contributed by atoms with E-state index in [-0.39, 0.29) is 6.54 Å². The predicted molar refractivity (Wildman–Crippen MR) is 77.0 cm³/mol. The molecule has 0 amide bonds. The van der Waals surface area contributed by atoms with Gasteiger partial charge in [-0.05, 0) is 51.1 Å². The molecule has 0 aliphatic rings. The fourth-order valence-corrected chi connectivity index (χ4v) is 4.04. The van der Waals surface area contributed by atoms with Crippen LogP contribution in [0.1, 0.15) is 5.56 Å². The summed E-state index contributed by atoms with van der Waals surface area (Å²) in [6, 6.07) is 4.14. The predicted octanol–water partition coefficient (Wildman–Crippen LogP) is 3.61. The first kappa shape index (κ1) is 15.6. The number of rotatable bonds is 4. The van der Waals surface area contributed by atoms with Crippen molar-refractivity contribution in [1.82, 2.24) is 4.31 Å². The number of benzene rings is 1. The van der Waals surface area contributed by atoms with Gasteiger partial charge in [-0.1, -0.05) is 0 Å². The topological polar surface area (TPSA) is 37.4 Å². The Morgan fingerprint density at radius 3 is 2.60 bits per heavy atom. The van der Waals surface area contributed by atoms with Crippen LogP contribution < -0.4 is 0 Å². The van der Waals surface area contributed by atoms with E-state index in [9.17, 15) is 17.2 Å². The highest BCUT2D eigenvalue weighted by Crippen LogP contribution is 2.24. The van der Waals surface area contributed by atoms with Gasteiger partial charge in [0.15, 0.2) is 0 Å². The van der Waals surface area contributed by atoms with Gasteiger partial charge in [0, 0.05) is 13.6 Å². The van der Waals surface area contributed by atoms with Crippen LogP contribution in [0.15, 0.2) is 38.3 Å². The Hall–Kier alpha value is -0.830. The lowest BCUT2D eigenvalue weighted by Gasteiger charge is -2.17. The monoisotopic (exact) mass is 381 g/mol. The molecule has 0 atom stereocenters. The van der Waals surface area contributed by atoms with Gasteiger partial charge in [0.1, 0.15) is 16.5 Å². The van der Waals surface area contributed by atoms with E-state index in [2.05, 4.69) is 15.9 Å². The first-order valence-electron chi connectivity index (χ1n) is 5.45. The smallest absolute Gasteiger partial charge is 0.207 e. The Labute approximate surface area is 128 Å². The van der Waals surface area contributed by atoms with Gasteiger partial charge in [0.25, 0.3) is 0 Å². The SMILES string of the molecule is CN(Cc1csc(Br)c1)S(=O)(=O)c1cc(F)ccc1F. The number of hydrogen-bond donors (Lipinski definition) is 0. The molecular weight excluding hydrogens is 372 g/mol. The van der Waals surface area contributed by atoms with Gasteiger partial charge < -0.3 is 0 Å². The maximum Gasteiger partial charge on any atom is 0.246 e. The number of nitrogens with zero attached hydrogens (tertiary/aromatic N) is 1. The van der Waals surface area contributed by atoms with Crippen molar-refractivity contribution in [3.63, 3.8) is 0 Å². The molecular formula is C12H10BrF2NO2S2. The zero-order chi connectivity index (χ0) is 14.9. The highest BCUT2D eigenvalue weighted by atomic mass is 79.9. The van der Waals surface area contributed by atoms with Crippen LogP contribution in [0.4, 0.5) is 8.78 Å². The molecule has 108 valence electrons. The average Bonchev–Trinajstić information content (AvgIpc) is 2.77. The summed E-state index contributed by atoms with van der Waals surface area (Å²) >= 11 is 4.70. The third-order valence-corrected chi connectivity index (χ3v) is 5.98. The quantitative estimate of drug-likeness (QED) is 0.810. The van der Waals surface area contributed by atoms with Crippen LogP contribution in [0, 0.1) is 11.6 Å². The first-order chi connectivity index (χ1) is 9.30. The molecule has 3 nitrogen and oxygen atoms in total. The molecule has 0 aliphatic carbocycles. The van der Waals surface area contributed by atoms with E-state index in [1.165, 1.54) is 18.4 Å². The van der Waals surface area contributed by atoms with Gasteiger partial charge in [0.05, 0.1) is 3.79 Å². The zero-order valence-electron chi connectivity index (χ0n) is 10.3. The van der Waals surface area contributed by atoms with E-state index in [4.69, 9.17) is 0 Å². The van der Waals surface area contributed by atoms with Crippen LogP contribution in [-0.2, 0) is 16.6 Å². The summed E-state index contributed by atoms with van der Waals surface area (Å²) in [7, 11) is -2.75. The van der Waals surface area contributed by atoms with Crippen LogP contribution >= 0.6 is 27.3 Å². The van der Waals surface area contributed by atoms with Crippen LogP contribution in [0.5, 0.6) is 0 Å². The zero-order valence-corrected chi connectivity index (χ0v) is 13.5. The van der Waals surface area contributed by atoms with E-state index in [0.29, 0.717) is 6.07 Å². The first-order valence-corrected chi connectivity index (χ1v) is 8.56.